The van der Waals surface area contributed by atoms with E-state index in [2.05, 4.69) is 9.88 Å². The van der Waals surface area contributed by atoms with E-state index in [1.165, 1.54) is 18.2 Å². The third kappa shape index (κ3) is 5.05. The van der Waals surface area contributed by atoms with E-state index < -0.39 is 16.0 Å². The van der Waals surface area contributed by atoms with Crippen LogP contribution in [0.4, 0.5) is 11.4 Å². The number of hydrogen-bond donors (Lipinski definition) is 2. The van der Waals surface area contributed by atoms with E-state index in [0.717, 1.165) is 22.6 Å². The van der Waals surface area contributed by atoms with Gasteiger partial charge >= 0.3 is 5.97 Å². The molecule has 1 aromatic heterocycles. The summed E-state index contributed by atoms with van der Waals surface area (Å²) in [6, 6.07) is 10.9. The zero-order valence-electron chi connectivity index (χ0n) is 17.8. The monoisotopic (exact) mass is 443 g/mol. The van der Waals surface area contributed by atoms with Crippen LogP contribution in [0.15, 0.2) is 51.9 Å². The highest BCUT2D eigenvalue weighted by atomic mass is 32.2. The second kappa shape index (κ2) is 8.81. The molecule has 0 saturated heterocycles. The molecule has 0 aliphatic heterocycles. The number of likely N-dealkylation sites (N-methyl/N-ethyl adjacent to an activating group) is 1. The fourth-order valence-electron chi connectivity index (χ4n) is 3.29. The first-order chi connectivity index (χ1) is 14.6. The topological polar surface area (TPSA) is 113 Å². The smallest absolute Gasteiger partial charge is 0.337 e. The Morgan fingerprint density at radius 1 is 1.13 bits per heavy atom. The Morgan fingerprint density at radius 3 is 2.39 bits per heavy atom. The van der Waals surface area contributed by atoms with E-state index in [1.54, 1.807) is 31.3 Å². The van der Waals surface area contributed by atoms with Crippen molar-refractivity contribution in [3.05, 3.63) is 70.6 Å². The fourth-order valence-corrected chi connectivity index (χ4v) is 4.34. The SMILES string of the molecule is Cc1ccc(S(=O)(=O)Nc2ccc(N(C)CCc3c(C)noc3C)c(C(=O)O)c2)cc1. The Bertz CT molecular complexity index is 1180. The lowest BCUT2D eigenvalue weighted by atomic mass is 10.1. The standard InChI is InChI=1S/C22H25N3O5S/c1-14-5-8-18(9-6-14)31(28,29)24-17-7-10-21(20(13-17)22(26)27)25(4)12-11-19-15(2)23-30-16(19)3/h5-10,13,24H,11-12H2,1-4H3,(H,26,27). The van der Waals surface area contributed by atoms with Crippen molar-refractivity contribution >= 4 is 27.4 Å². The first-order valence-electron chi connectivity index (χ1n) is 9.68. The van der Waals surface area contributed by atoms with Crippen molar-refractivity contribution in [2.45, 2.75) is 32.1 Å². The van der Waals surface area contributed by atoms with Crippen molar-refractivity contribution in [2.75, 3.05) is 23.2 Å². The minimum Gasteiger partial charge on any atom is -0.478 e. The molecule has 3 aromatic rings. The lowest BCUT2D eigenvalue weighted by Gasteiger charge is -2.22. The maximum absolute atomic E-state index is 12.6. The van der Waals surface area contributed by atoms with Gasteiger partial charge in [-0.2, -0.15) is 0 Å². The van der Waals surface area contributed by atoms with E-state index in [0.29, 0.717) is 18.7 Å². The summed E-state index contributed by atoms with van der Waals surface area (Å²) < 4.78 is 32.9. The van der Waals surface area contributed by atoms with Crippen LogP contribution in [0.25, 0.3) is 0 Å². The number of sulfonamides is 1. The minimum absolute atomic E-state index is 0.00497. The molecule has 0 bridgehead atoms. The van der Waals surface area contributed by atoms with Gasteiger partial charge in [-0.25, -0.2) is 13.2 Å². The summed E-state index contributed by atoms with van der Waals surface area (Å²) >= 11 is 0. The molecule has 0 amide bonds. The highest BCUT2D eigenvalue weighted by Gasteiger charge is 2.19. The number of rotatable bonds is 8. The summed E-state index contributed by atoms with van der Waals surface area (Å²) in [5.41, 5.74) is 3.41. The van der Waals surface area contributed by atoms with Crippen LogP contribution < -0.4 is 9.62 Å². The van der Waals surface area contributed by atoms with Gasteiger partial charge in [0.1, 0.15) is 5.76 Å². The van der Waals surface area contributed by atoms with Crippen LogP contribution in [-0.4, -0.2) is 38.2 Å². The Morgan fingerprint density at radius 2 is 1.81 bits per heavy atom. The number of aromatic carboxylic acids is 1. The average molecular weight is 444 g/mol. The molecule has 31 heavy (non-hydrogen) atoms. The Labute approximate surface area is 181 Å². The molecule has 0 aliphatic carbocycles. The van der Waals surface area contributed by atoms with Gasteiger partial charge in [-0.15, -0.1) is 0 Å². The molecule has 2 N–H and O–H groups in total. The van der Waals surface area contributed by atoms with Gasteiger partial charge in [0.05, 0.1) is 21.8 Å². The molecule has 0 atom stereocenters. The molecule has 0 spiro atoms. The van der Waals surface area contributed by atoms with Gasteiger partial charge < -0.3 is 14.5 Å². The van der Waals surface area contributed by atoms with Crippen LogP contribution in [0.1, 0.15) is 32.9 Å². The highest BCUT2D eigenvalue weighted by Crippen LogP contribution is 2.26. The van der Waals surface area contributed by atoms with Crippen molar-refractivity contribution < 1.29 is 22.8 Å². The van der Waals surface area contributed by atoms with Gasteiger partial charge in [-0.1, -0.05) is 22.9 Å². The molecular formula is C22H25N3O5S. The van der Waals surface area contributed by atoms with Gasteiger partial charge in [0.2, 0.25) is 0 Å². The zero-order chi connectivity index (χ0) is 22.8. The maximum atomic E-state index is 12.6. The summed E-state index contributed by atoms with van der Waals surface area (Å²) in [6.45, 7) is 6.11. The van der Waals surface area contributed by atoms with Gasteiger partial charge in [0.15, 0.2) is 0 Å². The van der Waals surface area contributed by atoms with Crippen molar-refractivity contribution in [1.82, 2.24) is 5.16 Å². The van der Waals surface area contributed by atoms with Crippen LogP contribution in [0.2, 0.25) is 0 Å². The summed E-state index contributed by atoms with van der Waals surface area (Å²) in [6.07, 6.45) is 0.637. The Balaban J connectivity index is 1.82. The van der Waals surface area contributed by atoms with Gasteiger partial charge in [-0.3, -0.25) is 4.72 Å². The summed E-state index contributed by atoms with van der Waals surface area (Å²) in [5.74, 6) is -0.402. The number of carboxylic acids is 1. The van der Waals surface area contributed by atoms with Gasteiger partial charge in [-0.05, 0) is 57.5 Å². The molecule has 0 saturated carbocycles. The van der Waals surface area contributed by atoms with Crippen LogP contribution in [0, 0.1) is 20.8 Å². The highest BCUT2D eigenvalue weighted by molar-refractivity contribution is 7.92. The number of aromatic nitrogens is 1. The van der Waals surface area contributed by atoms with Crippen molar-refractivity contribution in [1.29, 1.82) is 0 Å². The summed E-state index contributed by atoms with van der Waals surface area (Å²) in [4.78, 5) is 13.8. The quantitative estimate of drug-likeness (QED) is 0.545. The molecule has 0 fully saturated rings. The number of nitrogens with zero attached hydrogens (tertiary/aromatic N) is 2. The second-order valence-corrected chi connectivity index (χ2v) is 9.11. The molecule has 0 unspecified atom stereocenters. The summed E-state index contributed by atoms with van der Waals surface area (Å²) in [5, 5.41) is 13.6. The average Bonchev–Trinajstić information content (AvgIpc) is 3.03. The van der Waals surface area contributed by atoms with Gasteiger partial charge in [0, 0.05) is 24.8 Å². The lowest BCUT2D eigenvalue weighted by molar-refractivity contribution is 0.0697. The summed E-state index contributed by atoms with van der Waals surface area (Å²) in [7, 11) is -2.04. The maximum Gasteiger partial charge on any atom is 0.337 e. The van der Waals surface area contributed by atoms with E-state index in [1.807, 2.05) is 25.7 Å². The van der Waals surface area contributed by atoms with E-state index in [9.17, 15) is 18.3 Å². The first kappa shape index (κ1) is 22.4. The molecule has 3 rings (SSSR count). The van der Waals surface area contributed by atoms with Crippen LogP contribution >= 0.6 is 0 Å². The molecular weight excluding hydrogens is 418 g/mol. The predicted octanol–water partition coefficient (Wildman–Crippen LogP) is 3.78. The molecule has 0 radical (unpaired) electrons. The number of nitrogens with one attached hydrogen (secondary N) is 1. The van der Waals surface area contributed by atoms with Crippen LogP contribution in [0.5, 0.6) is 0 Å². The second-order valence-electron chi connectivity index (χ2n) is 7.43. The third-order valence-corrected chi connectivity index (χ3v) is 6.50. The number of benzene rings is 2. The van der Waals surface area contributed by atoms with E-state index >= 15 is 0 Å². The first-order valence-corrected chi connectivity index (χ1v) is 11.2. The van der Waals surface area contributed by atoms with E-state index in [-0.39, 0.29) is 16.1 Å². The van der Waals surface area contributed by atoms with Crippen molar-refractivity contribution in [3.63, 3.8) is 0 Å². The Hall–Kier alpha value is -3.33. The lowest BCUT2D eigenvalue weighted by Crippen LogP contribution is -2.23. The molecule has 9 heteroatoms. The Kier molecular flexibility index (Phi) is 6.35. The zero-order valence-corrected chi connectivity index (χ0v) is 18.7. The van der Waals surface area contributed by atoms with Crippen molar-refractivity contribution in [2.24, 2.45) is 0 Å². The molecule has 0 aliphatic rings. The molecule has 1 heterocycles. The van der Waals surface area contributed by atoms with Crippen molar-refractivity contribution in [3.8, 4) is 0 Å². The van der Waals surface area contributed by atoms with Crippen LogP contribution in [-0.2, 0) is 16.4 Å². The minimum atomic E-state index is -3.83. The molecule has 2 aromatic carbocycles. The number of carbonyl (C=O) groups is 1. The number of carboxylic acid groups (broad SMARTS) is 1. The predicted molar refractivity (Wildman–Crippen MR) is 118 cm³/mol. The third-order valence-electron chi connectivity index (χ3n) is 5.10. The fraction of sp³-hybridized carbons (Fsp3) is 0.273. The number of anilines is 2. The number of aryl methyl sites for hydroxylation is 3. The van der Waals surface area contributed by atoms with Gasteiger partial charge in [0.25, 0.3) is 10.0 Å². The molecule has 8 nitrogen and oxygen atoms in total. The largest absolute Gasteiger partial charge is 0.478 e. The number of hydrogen-bond acceptors (Lipinski definition) is 6. The van der Waals surface area contributed by atoms with E-state index in [4.69, 9.17) is 4.52 Å². The van der Waals surface area contributed by atoms with Crippen LogP contribution in [0.3, 0.4) is 0 Å². The normalized spacial score (nSPS) is 11.4. The molecule has 164 valence electrons.